The van der Waals surface area contributed by atoms with E-state index in [0.29, 0.717) is 19.6 Å². The van der Waals surface area contributed by atoms with Gasteiger partial charge in [0.2, 0.25) is 0 Å². The van der Waals surface area contributed by atoms with Crippen molar-refractivity contribution in [1.82, 2.24) is 10.2 Å². The Kier molecular flexibility index (Phi) is 8.03. The number of rotatable bonds is 7. The molecule has 1 N–H and O–H groups in total. The Hall–Kier alpha value is -1.44. The number of carbonyl (C=O) groups excluding carboxylic acids is 1. The smallest absolute Gasteiger partial charge is 0.407 e. The second-order valence-corrected chi connectivity index (χ2v) is 13.8. The van der Waals surface area contributed by atoms with Gasteiger partial charge in [-0.3, -0.25) is 4.90 Å². The maximum Gasteiger partial charge on any atom is 0.407 e. The average molecular weight is 411 g/mol. The van der Waals surface area contributed by atoms with Crippen molar-refractivity contribution in [2.45, 2.75) is 64.1 Å². The van der Waals surface area contributed by atoms with E-state index in [9.17, 15) is 9.18 Å². The molecule has 0 bridgehead atoms. The van der Waals surface area contributed by atoms with Crippen LogP contribution in [0.1, 0.15) is 32.8 Å². The molecule has 2 rings (SSSR count). The number of amides is 1. The van der Waals surface area contributed by atoms with E-state index in [1.54, 1.807) is 0 Å². The number of piperidine rings is 1. The van der Waals surface area contributed by atoms with Crippen molar-refractivity contribution >= 4 is 14.4 Å². The Morgan fingerprint density at radius 3 is 2.57 bits per heavy atom. The molecule has 28 heavy (non-hydrogen) atoms. The first kappa shape index (κ1) is 22.8. The van der Waals surface area contributed by atoms with E-state index in [4.69, 9.17) is 9.16 Å². The highest BCUT2D eigenvalue weighted by atomic mass is 28.4. The highest BCUT2D eigenvalue weighted by Gasteiger charge is 2.37. The van der Waals surface area contributed by atoms with E-state index in [0.717, 1.165) is 18.7 Å². The number of halogens is 1. The predicted molar refractivity (Wildman–Crippen MR) is 113 cm³/mol. The number of benzene rings is 1. The lowest BCUT2D eigenvalue weighted by atomic mass is 10.0. The Balaban J connectivity index is 1.69. The third-order valence-corrected chi connectivity index (χ3v) is 10.4. The van der Waals surface area contributed by atoms with Gasteiger partial charge in [0.25, 0.3) is 0 Å². The fraction of sp³-hybridized carbons (Fsp3) is 0.667. The van der Waals surface area contributed by atoms with Crippen LogP contribution in [0.3, 0.4) is 0 Å². The van der Waals surface area contributed by atoms with Gasteiger partial charge in [0.05, 0.1) is 6.04 Å². The molecule has 1 aliphatic heterocycles. The molecule has 0 radical (unpaired) electrons. The Morgan fingerprint density at radius 2 is 1.96 bits per heavy atom. The quantitative estimate of drug-likeness (QED) is 0.679. The molecular weight excluding hydrogens is 375 g/mol. The van der Waals surface area contributed by atoms with Crippen LogP contribution < -0.4 is 5.32 Å². The maximum atomic E-state index is 14.5. The molecule has 1 aromatic carbocycles. The Labute approximate surface area is 169 Å². The third-order valence-electron chi connectivity index (χ3n) is 5.82. The third kappa shape index (κ3) is 6.86. The standard InChI is InChI=1S/C21H35FN2O3Si/c1-21(2,3)28(4,5)27-14-13-24-12-11-19(18(22)15-24)23-20(25)26-16-17-9-7-6-8-10-17/h6-10,18-19H,11-16H2,1-5H3,(H,23,25)/t18-,19+/m0/s1. The van der Waals surface area contributed by atoms with Crippen molar-refractivity contribution in [3.63, 3.8) is 0 Å². The molecule has 1 amide bonds. The Bertz CT molecular complexity index is 622. The van der Waals surface area contributed by atoms with Crippen LogP contribution in [-0.2, 0) is 15.8 Å². The molecule has 2 atom stereocenters. The summed E-state index contributed by atoms with van der Waals surface area (Å²) in [4.78, 5) is 14.0. The summed E-state index contributed by atoms with van der Waals surface area (Å²) in [6.07, 6.45) is -1.10. The number of carbonyl (C=O) groups is 1. The molecule has 1 aliphatic rings. The topological polar surface area (TPSA) is 50.8 Å². The van der Waals surface area contributed by atoms with E-state index in [-0.39, 0.29) is 11.6 Å². The lowest BCUT2D eigenvalue weighted by molar-refractivity contribution is 0.0795. The first-order chi connectivity index (χ1) is 13.1. The highest BCUT2D eigenvalue weighted by molar-refractivity contribution is 6.74. The predicted octanol–water partition coefficient (Wildman–Crippen LogP) is 4.35. The highest BCUT2D eigenvalue weighted by Crippen LogP contribution is 2.36. The molecule has 1 saturated heterocycles. The molecule has 1 heterocycles. The fourth-order valence-electron chi connectivity index (χ4n) is 2.90. The molecule has 7 heteroatoms. The molecule has 158 valence electrons. The summed E-state index contributed by atoms with van der Waals surface area (Å²) < 4.78 is 25.9. The lowest BCUT2D eigenvalue weighted by Crippen LogP contribution is -2.53. The monoisotopic (exact) mass is 410 g/mol. The number of hydrogen-bond acceptors (Lipinski definition) is 4. The van der Waals surface area contributed by atoms with Gasteiger partial charge >= 0.3 is 6.09 Å². The molecule has 0 aliphatic carbocycles. The van der Waals surface area contributed by atoms with Crippen LogP contribution >= 0.6 is 0 Å². The minimum atomic E-state index is -1.77. The minimum Gasteiger partial charge on any atom is -0.445 e. The summed E-state index contributed by atoms with van der Waals surface area (Å²) in [7, 11) is -1.77. The van der Waals surface area contributed by atoms with Crippen LogP contribution in [0.15, 0.2) is 30.3 Å². The molecule has 5 nitrogen and oxygen atoms in total. The second kappa shape index (κ2) is 9.85. The zero-order valence-corrected chi connectivity index (χ0v) is 18.8. The zero-order chi connectivity index (χ0) is 20.8. The van der Waals surface area contributed by atoms with E-state index in [1.807, 2.05) is 30.3 Å². The van der Waals surface area contributed by atoms with Crippen molar-refractivity contribution in [3.8, 4) is 0 Å². The molecule has 0 saturated carbocycles. The zero-order valence-electron chi connectivity index (χ0n) is 17.8. The molecule has 0 aromatic heterocycles. The van der Waals surface area contributed by atoms with Gasteiger partial charge in [-0.25, -0.2) is 9.18 Å². The molecule has 0 unspecified atom stereocenters. The van der Waals surface area contributed by atoms with E-state index in [1.165, 1.54) is 0 Å². The van der Waals surface area contributed by atoms with Crippen LogP contribution in [0, 0.1) is 0 Å². The van der Waals surface area contributed by atoms with Crippen LogP contribution in [-0.4, -0.2) is 57.8 Å². The minimum absolute atomic E-state index is 0.173. The summed E-state index contributed by atoms with van der Waals surface area (Å²) in [6.45, 7) is 13.7. The SMILES string of the molecule is CC(C)(C)[Si](C)(C)OCCN1CC[C@@H](NC(=O)OCc2ccccc2)[C@@H](F)C1. The van der Waals surface area contributed by atoms with Gasteiger partial charge in [0.1, 0.15) is 12.8 Å². The van der Waals surface area contributed by atoms with Crippen LogP contribution in [0.2, 0.25) is 18.1 Å². The number of nitrogens with one attached hydrogen (secondary N) is 1. The van der Waals surface area contributed by atoms with Crippen LogP contribution in [0.4, 0.5) is 9.18 Å². The number of alkyl carbamates (subject to hydrolysis) is 1. The van der Waals surface area contributed by atoms with E-state index >= 15 is 0 Å². The van der Waals surface area contributed by atoms with Crippen molar-refractivity contribution in [2.75, 3.05) is 26.2 Å². The van der Waals surface area contributed by atoms with Crippen molar-refractivity contribution in [3.05, 3.63) is 35.9 Å². The number of ether oxygens (including phenoxy) is 1. The van der Waals surface area contributed by atoms with Gasteiger partial charge in [-0.15, -0.1) is 0 Å². The summed E-state index contributed by atoms with van der Waals surface area (Å²) >= 11 is 0. The largest absolute Gasteiger partial charge is 0.445 e. The van der Waals surface area contributed by atoms with E-state index < -0.39 is 26.6 Å². The summed E-state index contributed by atoms with van der Waals surface area (Å²) in [5, 5.41) is 2.85. The van der Waals surface area contributed by atoms with Gasteiger partial charge in [-0.05, 0) is 30.1 Å². The first-order valence-electron chi connectivity index (χ1n) is 10.1. The van der Waals surface area contributed by atoms with Gasteiger partial charge in [0.15, 0.2) is 8.32 Å². The average Bonchev–Trinajstić information content (AvgIpc) is 2.62. The van der Waals surface area contributed by atoms with Crippen molar-refractivity contribution < 1.29 is 18.3 Å². The number of hydrogen-bond donors (Lipinski definition) is 1. The molecule has 1 fully saturated rings. The number of alkyl halides is 1. The first-order valence-corrected chi connectivity index (χ1v) is 13.0. The molecular formula is C21H35FN2O3Si. The lowest BCUT2D eigenvalue weighted by Gasteiger charge is -2.38. The van der Waals surface area contributed by atoms with Crippen LogP contribution in [0.25, 0.3) is 0 Å². The summed E-state index contributed by atoms with van der Waals surface area (Å²) in [6, 6.07) is 8.95. The molecule has 1 aromatic rings. The Morgan fingerprint density at radius 1 is 1.29 bits per heavy atom. The normalized spacial score (nSPS) is 21.4. The van der Waals surface area contributed by atoms with Gasteiger partial charge in [-0.1, -0.05) is 51.1 Å². The maximum absolute atomic E-state index is 14.5. The van der Waals surface area contributed by atoms with Crippen LogP contribution in [0.5, 0.6) is 0 Å². The van der Waals surface area contributed by atoms with Crippen molar-refractivity contribution in [1.29, 1.82) is 0 Å². The van der Waals surface area contributed by atoms with Gasteiger partial charge < -0.3 is 14.5 Å². The number of likely N-dealkylation sites (tertiary alicyclic amines) is 1. The number of nitrogens with zero attached hydrogens (tertiary/aromatic N) is 1. The molecule has 0 spiro atoms. The fourth-order valence-corrected chi connectivity index (χ4v) is 3.93. The van der Waals surface area contributed by atoms with Gasteiger partial charge in [-0.2, -0.15) is 0 Å². The van der Waals surface area contributed by atoms with E-state index in [2.05, 4.69) is 44.1 Å². The summed E-state index contributed by atoms with van der Waals surface area (Å²) in [5.41, 5.74) is 0.908. The summed E-state index contributed by atoms with van der Waals surface area (Å²) in [5.74, 6) is 0. The van der Waals surface area contributed by atoms with Crippen molar-refractivity contribution in [2.24, 2.45) is 0 Å². The second-order valence-electron chi connectivity index (χ2n) is 9.03. The van der Waals surface area contributed by atoms with Gasteiger partial charge in [0, 0.05) is 26.2 Å².